The van der Waals surface area contributed by atoms with Gasteiger partial charge in [0.15, 0.2) is 0 Å². The van der Waals surface area contributed by atoms with Crippen molar-refractivity contribution in [3.8, 4) is 0 Å². The van der Waals surface area contributed by atoms with Gasteiger partial charge in [0.1, 0.15) is 11.4 Å². The van der Waals surface area contributed by atoms with Crippen LogP contribution in [-0.2, 0) is 24.7 Å². The number of carbonyl (C=O) groups is 2. The lowest BCUT2D eigenvalue weighted by molar-refractivity contribution is -0.126. The van der Waals surface area contributed by atoms with E-state index in [0.717, 1.165) is 50.9 Å². The zero-order valence-corrected chi connectivity index (χ0v) is 17.6. The van der Waals surface area contributed by atoms with E-state index < -0.39 is 5.91 Å². The Hall–Kier alpha value is -3.09. The van der Waals surface area contributed by atoms with Crippen molar-refractivity contribution in [1.29, 1.82) is 0 Å². The SMILES string of the molecule is C=CC(=O)N1CCCCC1.Cn1nc(C2CCc3ccccc3C2)c(C(N)=O)c1N. The van der Waals surface area contributed by atoms with Crippen LogP contribution in [0.4, 0.5) is 5.82 Å². The summed E-state index contributed by atoms with van der Waals surface area (Å²) in [6, 6.07) is 8.40. The number of benzene rings is 1. The second-order valence-corrected chi connectivity index (χ2v) is 7.93. The summed E-state index contributed by atoms with van der Waals surface area (Å²) in [5.74, 6) is 0.145. The van der Waals surface area contributed by atoms with Gasteiger partial charge in [-0.15, -0.1) is 0 Å². The Morgan fingerprint density at radius 2 is 1.83 bits per heavy atom. The molecule has 1 aromatic carbocycles. The van der Waals surface area contributed by atoms with Crippen LogP contribution in [0.15, 0.2) is 36.9 Å². The van der Waals surface area contributed by atoms with Crippen molar-refractivity contribution in [3.63, 3.8) is 0 Å². The quantitative estimate of drug-likeness (QED) is 0.760. The lowest BCUT2D eigenvalue weighted by Gasteiger charge is -2.25. The molecule has 1 saturated heterocycles. The van der Waals surface area contributed by atoms with Crippen molar-refractivity contribution < 1.29 is 9.59 Å². The van der Waals surface area contributed by atoms with Gasteiger partial charge in [-0.3, -0.25) is 14.3 Å². The molecule has 1 atom stereocenters. The van der Waals surface area contributed by atoms with E-state index in [0.29, 0.717) is 11.4 Å². The number of nitrogens with two attached hydrogens (primary N) is 2. The minimum absolute atomic E-state index is 0.0831. The van der Waals surface area contributed by atoms with E-state index in [1.54, 1.807) is 7.05 Å². The topological polar surface area (TPSA) is 107 Å². The van der Waals surface area contributed by atoms with E-state index in [9.17, 15) is 9.59 Å². The molecule has 7 heteroatoms. The smallest absolute Gasteiger partial charge is 0.254 e. The number of piperidine rings is 1. The molecule has 30 heavy (non-hydrogen) atoms. The van der Waals surface area contributed by atoms with Crippen molar-refractivity contribution in [2.75, 3.05) is 18.8 Å². The molecule has 2 aliphatic rings. The van der Waals surface area contributed by atoms with Gasteiger partial charge < -0.3 is 16.4 Å². The summed E-state index contributed by atoms with van der Waals surface area (Å²) in [6.45, 7) is 5.29. The first-order valence-corrected chi connectivity index (χ1v) is 10.5. The number of carbonyl (C=O) groups excluding carboxylic acids is 2. The third-order valence-electron chi connectivity index (χ3n) is 5.94. The average molecular weight is 410 g/mol. The molecule has 4 N–H and O–H groups in total. The van der Waals surface area contributed by atoms with Gasteiger partial charge in [0.2, 0.25) is 5.91 Å². The molecule has 2 heterocycles. The molecule has 1 aliphatic carbocycles. The van der Waals surface area contributed by atoms with E-state index in [2.05, 4.69) is 29.9 Å². The van der Waals surface area contributed by atoms with Crippen LogP contribution in [-0.4, -0.2) is 39.6 Å². The summed E-state index contributed by atoms with van der Waals surface area (Å²) in [7, 11) is 1.74. The van der Waals surface area contributed by atoms with Crippen LogP contribution in [0.5, 0.6) is 0 Å². The Kier molecular flexibility index (Phi) is 6.92. The molecular weight excluding hydrogens is 378 g/mol. The second kappa shape index (κ2) is 9.61. The molecule has 7 nitrogen and oxygen atoms in total. The lowest BCUT2D eigenvalue weighted by atomic mass is 9.81. The van der Waals surface area contributed by atoms with Crippen LogP contribution in [0.3, 0.4) is 0 Å². The summed E-state index contributed by atoms with van der Waals surface area (Å²) in [6.07, 6.45) is 7.81. The van der Waals surface area contributed by atoms with Crippen LogP contribution in [0.1, 0.15) is 58.8 Å². The Morgan fingerprint density at radius 1 is 1.17 bits per heavy atom. The van der Waals surface area contributed by atoms with Crippen LogP contribution < -0.4 is 11.5 Å². The summed E-state index contributed by atoms with van der Waals surface area (Å²) in [4.78, 5) is 24.5. The number of aromatic nitrogens is 2. The van der Waals surface area contributed by atoms with Crippen LogP contribution >= 0.6 is 0 Å². The van der Waals surface area contributed by atoms with Gasteiger partial charge in [0, 0.05) is 26.1 Å². The number of aryl methyl sites for hydroxylation is 2. The van der Waals surface area contributed by atoms with Crippen molar-refractivity contribution in [3.05, 3.63) is 59.3 Å². The number of rotatable bonds is 3. The van der Waals surface area contributed by atoms with E-state index in [1.165, 1.54) is 28.3 Å². The molecule has 1 aromatic heterocycles. The van der Waals surface area contributed by atoms with Gasteiger partial charge in [-0.25, -0.2) is 0 Å². The molecule has 0 spiro atoms. The Labute approximate surface area is 177 Å². The monoisotopic (exact) mass is 409 g/mol. The Bertz CT molecular complexity index is 928. The van der Waals surface area contributed by atoms with Crippen LogP contribution in [0.2, 0.25) is 0 Å². The molecular formula is C23H31N5O2. The summed E-state index contributed by atoms with van der Waals surface area (Å²) in [5, 5.41) is 4.42. The first-order chi connectivity index (χ1) is 14.4. The number of anilines is 1. The van der Waals surface area contributed by atoms with Crippen molar-refractivity contribution >= 4 is 17.6 Å². The maximum absolute atomic E-state index is 11.6. The van der Waals surface area contributed by atoms with Crippen LogP contribution in [0.25, 0.3) is 0 Å². The number of likely N-dealkylation sites (tertiary alicyclic amines) is 1. The van der Waals surface area contributed by atoms with E-state index in [-0.39, 0.29) is 11.8 Å². The van der Waals surface area contributed by atoms with Gasteiger partial charge in [0.05, 0.1) is 5.69 Å². The van der Waals surface area contributed by atoms with Gasteiger partial charge in [-0.2, -0.15) is 5.10 Å². The fraction of sp³-hybridized carbons (Fsp3) is 0.435. The number of hydrogen-bond donors (Lipinski definition) is 2. The largest absolute Gasteiger partial charge is 0.383 e. The van der Waals surface area contributed by atoms with Crippen molar-refractivity contribution in [2.24, 2.45) is 12.8 Å². The number of nitrogen functional groups attached to an aromatic ring is 1. The van der Waals surface area contributed by atoms with E-state index in [4.69, 9.17) is 11.5 Å². The van der Waals surface area contributed by atoms with E-state index >= 15 is 0 Å². The molecule has 1 unspecified atom stereocenters. The Balaban J connectivity index is 0.000000216. The number of fused-ring (bicyclic) bond motifs is 1. The number of hydrogen-bond acceptors (Lipinski definition) is 4. The average Bonchev–Trinajstić information content (AvgIpc) is 3.08. The van der Waals surface area contributed by atoms with Gasteiger partial charge in [-0.1, -0.05) is 30.8 Å². The van der Waals surface area contributed by atoms with Crippen molar-refractivity contribution in [2.45, 2.75) is 44.4 Å². The van der Waals surface area contributed by atoms with E-state index in [1.807, 2.05) is 11.0 Å². The molecule has 0 saturated carbocycles. The number of primary amides is 1. The highest BCUT2D eigenvalue weighted by Crippen LogP contribution is 2.34. The lowest BCUT2D eigenvalue weighted by Crippen LogP contribution is -2.34. The third-order valence-corrected chi connectivity index (χ3v) is 5.94. The predicted molar refractivity (Wildman–Crippen MR) is 118 cm³/mol. The van der Waals surface area contributed by atoms with Gasteiger partial charge in [0.25, 0.3) is 5.91 Å². The number of nitrogens with zero attached hydrogens (tertiary/aromatic N) is 3. The number of amides is 2. The molecule has 0 bridgehead atoms. The maximum Gasteiger partial charge on any atom is 0.254 e. The fourth-order valence-corrected chi connectivity index (χ4v) is 4.27. The van der Waals surface area contributed by atoms with Crippen LogP contribution in [0, 0.1) is 0 Å². The highest BCUT2D eigenvalue weighted by Gasteiger charge is 2.28. The molecule has 4 rings (SSSR count). The first kappa shape index (κ1) is 21.6. The van der Waals surface area contributed by atoms with Gasteiger partial charge in [-0.05, 0) is 55.7 Å². The third kappa shape index (κ3) is 4.72. The highest BCUT2D eigenvalue weighted by molar-refractivity contribution is 5.98. The van der Waals surface area contributed by atoms with Crippen molar-refractivity contribution in [1.82, 2.24) is 14.7 Å². The molecule has 1 fully saturated rings. The zero-order valence-electron chi connectivity index (χ0n) is 17.6. The molecule has 160 valence electrons. The normalized spacial score (nSPS) is 18.0. The maximum atomic E-state index is 11.6. The standard InChI is InChI=1S/C15H18N4O.C8H13NO/c1-19-14(16)12(15(17)20)13(18-19)11-7-6-9-4-2-3-5-10(9)8-11;1-2-8(10)9-6-4-3-5-7-9/h2-5,11H,6-8,16H2,1H3,(H2,17,20);2H,1,3-7H2. The second-order valence-electron chi connectivity index (χ2n) is 7.93. The molecule has 1 aliphatic heterocycles. The fourth-order valence-electron chi connectivity index (χ4n) is 4.27. The molecule has 2 aromatic rings. The molecule has 0 radical (unpaired) electrons. The molecule has 2 amide bonds. The zero-order chi connectivity index (χ0) is 21.7. The Morgan fingerprint density at radius 3 is 2.47 bits per heavy atom. The summed E-state index contributed by atoms with van der Waals surface area (Å²) < 4.78 is 1.54. The predicted octanol–water partition coefficient (Wildman–Crippen LogP) is 2.56. The minimum atomic E-state index is -0.496. The van der Waals surface area contributed by atoms with Gasteiger partial charge >= 0.3 is 0 Å². The highest BCUT2D eigenvalue weighted by atomic mass is 16.2. The summed E-state index contributed by atoms with van der Waals surface area (Å²) >= 11 is 0. The first-order valence-electron chi connectivity index (χ1n) is 10.5. The minimum Gasteiger partial charge on any atom is -0.383 e. The summed E-state index contributed by atoms with van der Waals surface area (Å²) in [5.41, 5.74) is 15.2.